The Morgan fingerprint density at radius 1 is 1.36 bits per heavy atom. The second-order valence-electron chi connectivity index (χ2n) is 2.94. The highest BCUT2D eigenvalue weighted by Gasteiger charge is 1.97. The number of rotatable bonds is 2. The lowest BCUT2D eigenvalue weighted by Crippen LogP contribution is -1.88. The summed E-state index contributed by atoms with van der Waals surface area (Å²) in [7, 11) is 0. The first-order valence-corrected chi connectivity index (χ1v) is 4.26. The molecule has 0 nitrogen and oxygen atoms in total. The van der Waals surface area contributed by atoms with Gasteiger partial charge in [0.2, 0.25) is 0 Å². The van der Waals surface area contributed by atoms with Gasteiger partial charge in [0.05, 0.1) is 0 Å². The highest BCUT2D eigenvalue weighted by atomic mass is 32.1. The molecule has 0 spiro atoms. The first kappa shape index (κ1) is 8.41. The molecule has 0 saturated carbocycles. The van der Waals surface area contributed by atoms with Gasteiger partial charge in [0.25, 0.3) is 0 Å². The van der Waals surface area contributed by atoms with Crippen molar-refractivity contribution in [2.24, 2.45) is 0 Å². The third-order valence-electron chi connectivity index (χ3n) is 1.71. The van der Waals surface area contributed by atoms with Crippen molar-refractivity contribution in [2.75, 3.05) is 0 Å². The SMILES string of the molecule is CC(C)c1cccc(C=S)c1. The Kier molecular flexibility index (Phi) is 2.77. The molecule has 0 saturated heterocycles. The van der Waals surface area contributed by atoms with E-state index in [-0.39, 0.29) is 0 Å². The molecule has 1 aromatic carbocycles. The van der Waals surface area contributed by atoms with Crippen LogP contribution in [0.2, 0.25) is 0 Å². The Morgan fingerprint density at radius 2 is 2.09 bits per heavy atom. The molecule has 1 heteroatoms. The largest absolute Gasteiger partial charge is 0.0881 e. The Hall–Kier alpha value is -0.690. The van der Waals surface area contributed by atoms with Crippen molar-refractivity contribution in [3.05, 3.63) is 35.4 Å². The van der Waals surface area contributed by atoms with E-state index in [4.69, 9.17) is 12.2 Å². The van der Waals surface area contributed by atoms with Gasteiger partial charge in [0, 0.05) is 5.37 Å². The van der Waals surface area contributed by atoms with E-state index in [1.165, 1.54) is 5.56 Å². The van der Waals surface area contributed by atoms with E-state index in [9.17, 15) is 0 Å². The van der Waals surface area contributed by atoms with Crippen LogP contribution in [0.1, 0.15) is 30.9 Å². The lowest BCUT2D eigenvalue weighted by atomic mass is 10.0. The van der Waals surface area contributed by atoms with Crippen LogP contribution < -0.4 is 0 Å². The summed E-state index contributed by atoms with van der Waals surface area (Å²) in [5.74, 6) is 0.588. The third-order valence-corrected chi connectivity index (χ3v) is 1.99. The molecule has 0 atom stereocenters. The summed E-state index contributed by atoms with van der Waals surface area (Å²) >= 11 is 4.84. The maximum Gasteiger partial charge on any atom is 0.00862 e. The highest BCUT2D eigenvalue weighted by molar-refractivity contribution is 7.79. The second-order valence-corrected chi connectivity index (χ2v) is 3.18. The normalized spacial score (nSPS) is 10.1. The van der Waals surface area contributed by atoms with Gasteiger partial charge >= 0.3 is 0 Å². The van der Waals surface area contributed by atoms with E-state index in [0.717, 1.165) is 5.56 Å². The van der Waals surface area contributed by atoms with Crippen LogP contribution in [0.5, 0.6) is 0 Å². The molecule has 0 aliphatic carbocycles. The van der Waals surface area contributed by atoms with Crippen molar-refractivity contribution in [3.8, 4) is 0 Å². The van der Waals surface area contributed by atoms with E-state index in [2.05, 4.69) is 26.0 Å². The molecule has 0 heterocycles. The van der Waals surface area contributed by atoms with E-state index < -0.39 is 0 Å². The number of hydrogen-bond donors (Lipinski definition) is 0. The quantitative estimate of drug-likeness (QED) is 0.605. The summed E-state index contributed by atoms with van der Waals surface area (Å²) in [6, 6.07) is 8.34. The van der Waals surface area contributed by atoms with Crippen molar-refractivity contribution in [1.29, 1.82) is 0 Å². The predicted octanol–water partition coefficient (Wildman–Crippen LogP) is 3.16. The topological polar surface area (TPSA) is 0 Å². The van der Waals surface area contributed by atoms with Gasteiger partial charge in [-0.1, -0.05) is 50.3 Å². The predicted molar refractivity (Wildman–Crippen MR) is 53.3 cm³/mol. The van der Waals surface area contributed by atoms with Gasteiger partial charge in [-0.2, -0.15) is 0 Å². The number of hydrogen-bond acceptors (Lipinski definition) is 1. The van der Waals surface area contributed by atoms with Crippen LogP contribution in [0.3, 0.4) is 0 Å². The van der Waals surface area contributed by atoms with E-state index in [1.54, 1.807) is 5.37 Å². The van der Waals surface area contributed by atoms with Crippen LogP contribution in [0.4, 0.5) is 0 Å². The summed E-state index contributed by atoms with van der Waals surface area (Å²) in [4.78, 5) is 0. The molecule has 11 heavy (non-hydrogen) atoms. The van der Waals surface area contributed by atoms with Crippen LogP contribution in [-0.2, 0) is 0 Å². The van der Waals surface area contributed by atoms with E-state index in [1.807, 2.05) is 12.1 Å². The lowest BCUT2D eigenvalue weighted by molar-refractivity contribution is 0.866. The van der Waals surface area contributed by atoms with Crippen LogP contribution in [0, 0.1) is 0 Å². The van der Waals surface area contributed by atoms with Crippen LogP contribution in [0.25, 0.3) is 0 Å². The van der Waals surface area contributed by atoms with E-state index in [0.29, 0.717) is 5.92 Å². The Morgan fingerprint density at radius 3 is 2.64 bits per heavy atom. The summed E-state index contributed by atoms with van der Waals surface area (Å²) in [5.41, 5.74) is 2.48. The monoisotopic (exact) mass is 164 g/mol. The summed E-state index contributed by atoms with van der Waals surface area (Å²) in [6.07, 6.45) is 0. The molecule has 0 aliphatic heterocycles. The van der Waals surface area contributed by atoms with Gasteiger partial charge in [-0.15, -0.1) is 0 Å². The van der Waals surface area contributed by atoms with Crippen LogP contribution >= 0.6 is 12.2 Å². The fourth-order valence-corrected chi connectivity index (χ4v) is 1.14. The summed E-state index contributed by atoms with van der Waals surface area (Å²) in [6.45, 7) is 4.37. The van der Waals surface area contributed by atoms with Crippen molar-refractivity contribution in [1.82, 2.24) is 0 Å². The average molecular weight is 164 g/mol. The molecule has 0 amide bonds. The first-order chi connectivity index (χ1) is 5.24. The molecule has 1 rings (SSSR count). The van der Waals surface area contributed by atoms with Crippen molar-refractivity contribution in [2.45, 2.75) is 19.8 Å². The van der Waals surface area contributed by atoms with Gasteiger partial charge in [-0.05, 0) is 17.0 Å². The summed E-state index contributed by atoms with van der Waals surface area (Å²) in [5, 5.41) is 1.71. The fraction of sp³-hybridized carbons (Fsp3) is 0.300. The van der Waals surface area contributed by atoms with E-state index >= 15 is 0 Å². The van der Waals surface area contributed by atoms with Gasteiger partial charge in [0.15, 0.2) is 0 Å². The minimum Gasteiger partial charge on any atom is -0.0881 e. The first-order valence-electron chi connectivity index (χ1n) is 3.79. The van der Waals surface area contributed by atoms with Crippen molar-refractivity contribution < 1.29 is 0 Å². The molecule has 0 bridgehead atoms. The Labute approximate surface area is 73.2 Å². The molecule has 58 valence electrons. The molecule has 0 unspecified atom stereocenters. The molecule has 0 N–H and O–H groups in total. The average Bonchev–Trinajstić information content (AvgIpc) is 2.05. The maximum absolute atomic E-state index is 4.84. The number of thiocarbonyl (C=S) groups is 1. The Bertz CT molecular complexity index is 251. The fourth-order valence-electron chi connectivity index (χ4n) is 0.991. The Balaban J connectivity index is 3.00. The molecular weight excluding hydrogens is 152 g/mol. The van der Waals surface area contributed by atoms with Crippen LogP contribution in [-0.4, -0.2) is 5.37 Å². The zero-order chi connectivity index (χ0) is 8.27. The van der Waals surface area contributed by atoms with Crippen LogP contribution in [0.15, 0.2) is 24.3 Å². The third kappa shape index (κ3) is 2.12. The van der Waals surface area contributed by atoms with Crippen molar-refractivity contribution in [3.63, 3.8) is 0 Å². The molecule has 0 radical (unpaired) electrons. The standard InChI is InChI=1S/C10H12S/c1-8(2)10-5-3-4-9(6-10)7-11/h3-8H,1-2H3. The van der Waals surface area contributed by atoms with Gasteiger partial charge in [-0.25, -0.2) is 0 Å². The zero-order valence-corrected chi connectivity index (χ0v) is 7.69. The van der Waals surface area contributed by atoms with Gasteiger partial charge < -0.3 is 0 Å². The van der Waals surface area contributed by atoms with Crippen molar-refractivity contribution >= 4 is 17.6 Å². The lowest BCUT2D eigenvalue weighted by Gasteiger charge is -2.04. The van der Waals surface area contributed by atoms with Gasteiger partial charge in [-0.3, -0.25) is 0 Å². The second kappa shape index (κ2) is 3.63. The zero-order valence-electron chi connectivity index (χ0n) is 6.87. The molecular formula is C10H12S. The summed E-state index contributed by atoms with van der Waals surface area (Å²) < 4.78 is 0. The highest BCUT2D eigenvalue weighted by Crippen LogP contribution is 2.14. The minimum atomic E-state index is 0.588. The molecule has 0 fully saturated rings. The maximum atomic E-state index is 4.84. The molecule has 0 aliphatic rings. The minimum absolute atomic E-state index is 0.588. The molecule has 1 aromatic rings. The smallest absolute Gasteiger partial charge is 0.00862 e. The molecule has 0 aromatic heterocycles. The number of benzene rings is 1. The van der Waals surface area contributed by atoms with Gasteiger partial charge in [0.1, 0.15) is 0 Å².